The molecule has 0 aromatic heterocycles. The molecule has 1 aliphatic carbocycles. The van der Waals surface area contributed by atoms with Crippen LogP contribution < -0.4 is 15.8 Å². The molecule has 1 aromatic carbocycles. The summed E-state index contributed by atoms with van der Waals surface area (Å²) in [6.07, 6.45) is 1.38. The Morgan fingerprint density at radius 1 is 1.47 bits per heavy atom. The van der Waals surface area contributed by atoms with Crippen LogP contribution in [0.3, 0.4) is 0 Å². The molecule has 3 N–H and O–H groups in total. The third-order valence-corrected chi connectivity index (χ3v) is 2.82. The summed E-state index contributed by atoms with van der Waals surface area (Å²) in [5, 5.41) is 2.67. The van der Waals surface area contributed by atoms with Gasteiger partial charge in [-0.25, -0.2) is 0 Å². The van der Waals surface area contributed by atoms with Crippen molar-refractivity contribution < 1.29 is 18.3 Å². The second-order valence-corrected chi connectivity index (χ2v) is 4.36. The van der Waals surface area contributed by atoms with E-state index in [4.69, 9.17) is 5.73 Å². The normalized spacial score (nSPS) is 15.6. The van der Waals surface area contributed by atoms with Crippen molar-refractivity contribution in [1.82, 2.24) is 5.32 Å². The summed E-state index contributed by atoms with van der Waals surface area (Å²) in [6.45, 7) is -2.60. The van der Waals surface area contributed by atoms with Gasteiger partial charge in [-0.15, -0.1) is 12.4 Å². The van der Waals surface area contributed by atoms with Crippen LogP contribution in [-0.2, 0) is 11.3 Å². The number of hydrogen-bond donors (Lipinski definition) is 2. The Morgan fingerprint density at radius 2 is 2.16 bits per heavy atom. The van der Waals surface area contributed by atoms with E-state index in [9.17, 15) is 13.6 Å². The highest BCUT2D eigenvalue weighted by molar-refractivity contribution is 5.88. The number of nitrogens with one attached hydrogen (secondary N) is 1. The summed E-state index contributed by atoms with van der Waals surface area (Å²) in [5.74, 6) is -0.131. The van der Waals surface area contributed by atoms with Gasteiger partial charge in [-0.3, -0.25) is 4.79 Å². The molecule has 0 spiro atoms. The molecule has 1 saturated carbocycles. The molecule has 0 heterocycles. The smallest absolute Gasteiger partial charge is 0.387 e. The van der Waals surface area contributed by atoms with Crippen LogP contribution >= 0.6 is 12.4 Å². The number of benzene rings is 1. The first-order chi connectivity index (χ1) is 8.49. The molecule has 1 aromatic rings. The molecule has 1 fully saturated rings. The van der Waals surface area contributed by atoms with Gasteiger partial charge < -0.3 is 15.8 Å². The Kier molecular flexibility index (Phi) is 5.08. The van der Waals surface area contributed by atoms with Gasteiger partial charge in [-0.05, 0) is 30.5 Å². The minimum atomic E-state index is -2.85. The quantitative estimate of drug-likeness (QED) is 0.870. The van der Waals surface area contributed by atoms with Crippen molar-refractivity contribution in [3.8, 4) is 5.75 Å². The lowest BCUT2D eigenvalue weighted by Gasteiger charge is -2.11. The van der Waals surface area contributed by atoms with Crippen LogP contribution in [0.15, 0.2) is 24.3 Å². The highest BCUT2D eigenvalue weighted by Gasteiger charge is 2.45. The maximum absolute atomic E-state index is 12.0. The second kappa shape index (κ2) is 6.16. The summed E-state index contributed by atoms with van der Waals surface area (Å²) >= 11 is 0. The fourth-order valence-electron chi connectivity index (χ4n) is 1.55. The number of alkyl halides is 2. The average molecular weight is 293 g/mol. The predicted octanol–water partition coefficient (Wildman–Crippen LogP) is 1.82. The molecule has 0 saturated heterocycles. The molecular formula is C12H15ClF2N2O2. The zero-order valence-corrected chi connectivity index (χ0v) is 10.9. The van der Waals surface area contributed by atoms with Crippen LogP contribution in [0.4, 0.5) is 8.78 Å². The van der Waals surface area contributed by atoms with Crippen LogP contribution in [-0.4, -0.2) is 18.1 Å². The van der Waals surface area contributed by atoms with Crippen molar-refractivity contribution in [2.45, 2.75) is 31.5 Å². The molecule has 7 heteroatoms. The van der Waals surface area contributed by atoms with Crippen molar-refractivity contribution in [2.75, 3.05) is 0 Å². The average Bonchev–Trinajstić information content (AvgIpc) is 3.05. The Balaban J connectivity index is 0.00000180. The molecule has 1 amide bonds. The van der Waals surface area contributed by atoms with E-state index in [-0.39, 0.29) is 30.6 Å². The van der Waals surface area contributed by atoms with E-state index in [1.807, 2.05) is 0 Å². The van der Waals surface area contributed by atoms with Gasteiger partial charge in [0, 0.05) is 6.54 Å². The van der Waals surface area contributed by atoms with E-state index in [0.717, 1.165) is 0 Å². The summed E-state index contributed by atoms with van der Waals surface area (Å²) in [4.78, 5) is 11.6. The third kappa shape index (κ3) is 4.33. The van der Waals surface area contributed by atoms with Crippen LogP contribution in [0.5, 0.6) is 5.75 Å². The van der Waals surface area contributed by atoms with Crippen LogP contribution in [0.2, 0.25) is 0 Å². The predicted molar refractivity (Wildman–Crippen MR) is 68.3 cm³/mol. The fraction of sp³-hybridized carbons (Fsp3) is 0.417. The van der Waals surface area contributed by atoms with Gasteiger partial charge in [0.1, 0.15) is 5.75 Å². The minimum absolute atomic E-state index is 0. The largest absolute Gasteiger partial charge is 0.435 e. The number of hydrogen-bond acceptors (Lipinski definition) is 3. The molecule has 106 valence electrons. The summed E-state index contributed by atoms with van der Waals surface area (Å²) < 4.78 is 28.3. The monoisotopic (exact) mass is 292 g/mol. The highest BCUT2D eigenvalue weighted by Crippen LogP contribution is 2.32. The lowest BCUT2D eigenvalue weighted by Crippen LogP contribution is -2.42. The van der Waals surface area contributed by atoms with E-state index in [0.29, 0.717) is 18.4 Å². The number of carbonyl (C=O) groups is 1. The highest BCUT2D eigenvalue weighted by atomic mass is 35.5. The zero-order valence-electron chi connectivity index (χ0n) is 10.1. The number of amides is 1. The Morgan fingerprint density at radius 3 is 2.74 bits per heavy atom. The molecule has 2 rings (SSSR count). The van der Waals surface area contributed by atoms with Crippen molar-refractivity contribution >= 4 is 18.3 Å². The topological polar surface area (TPSA) is 64.4 Å². The van der Waals surface area contributed by atoms with Gasteiger partial charge in [0.2, 0.25) is 5.91 Å². The fourth-order valence-corrected chi connectivity index (χ4v) is 1.55. The minimum Gasteiger partial charge on any atom is -0.435 e. The molecule has 0 aliphatic heterocycles. The summed E-state index contributed by atoms with van der Waals surface area (Å²) in [5.41, 5.74) is 5.67. The molecule has 0 unspecified atom stereocenters. The third-order valence-electron chi connectivity index (χ3n) is 2.82. The van der Waals surface area contributed by atoms with Gasteiger partial charge in [0.25, 0.3) is 0 Å². The van der Waals surface area contributed by atoms with Crippen molar-refractivity contribution in [2.24, 2.45) is 5.73 Å². The zero-order chi connectivity index (χ0) is 13.2. The number of halogens is 3. The first kappa shape index (κ1) is 15.7. The van der Waals surface area contributed by atoms with E-state index >= 15 is 0 Å². The van der Waals surface area contributed by atoms with E-state index in [1.165, 1.54) is 12.1 Å². The Bertz CT molecular complexity index is 453. The first-order valence-electron chi connectivity index (χ1n) is 5.60. The van der Waals surface area contributed by atoms with Gasteiger partial charge in [0.05, 0.1) is 5.54 Å². The van der Waals surface area contributed by atoms with Crippen LogP contribution in [0.1, 0.15) is 18.4 Å². The van der Waals surface area contributed by atoms with Crippen LogP contribution in [0.25, 0.3) is 0 Å². The lowest BCUT2D eigenvalue weighted by atomic mass is 10.2. The molecule has 0 atom stereocenters. The molecule has 1 aliphatic rings. The SMILES string of the molecule is Cl.NC1(C(=O)NCc2cccc(OC(F)F)c2)CC1. The molecule has 4 nitrogen and oxygen atoms in total. The van der Waals surface area contributed by atoms with E-state index in [1.54, 1.807) is 12.1 Å². The Labute approximate surface area is 115 Å². The number of carbonyl (C=O) groups excluding carboxylic acids is 1. The second-order valence-electron chi connectivity index (χ2n) is 4.36. The summed E-state index contributed by atoms with van der Waals surface area (Å²) in [6, 6.07) is 6.20. The maximum atomic E-state index is 12.0. The number of ether oxygens (including phenoxy) is 1. The van der Waals surface area contributed by atoms with Gasteiger partial charge in [-0.1, -0.05) is 12.1 Å². The lowest BCUT2D eigenvalue weighted by molar-refractivity contribution is -0.123. The molecule has 0 bridgehead atoms. The standard InChI is InChI=1S/C12H14F2N2O2.ClH/c13-11(14)18-9-3-1-2-8(6-9)7-16-10(17)12(15)4-5-12;/h1-3,6,11H,4-5,7,15H2,(H,16,17);1H. The van der Waals surface area contributed by atoms with Gasteiger partial charge >= 0.3 is 6.61 Å². The van der Waals surface area contributed by atoms with Crippen molar-refractivity contribution in [3.63, 3.8) is 0 Å². The van der Waals surface area contributed by atoms with Gasteiger partial charge in [0.15, 0.2) is 0 Å². The van der Waals surface area contributed by atoms with E-state index in [2.05, 4.69) is 10.1 Å². The first-order valence-corrected chi connectivity index (χ1v) is 5.60. The summed E-state index contributed by atoms with van der Waals surface area (Å²) in [7, 11) is 0. The number of nitrogens with two attached hydrogens (primary N) is 1. The Hall–Kier alpha value is -1.40. The van der Waals surface area contributed by atoms with Gasteiger partial charge in [-0.2, -0.15) is 8.78 Å². The van der Waals surface area contributed by atoms with Crippen molar-refractivity contribution in [3.05, 3.63) is 29.8 Å². The molecule has 0 radical (unpaired) electrons. The molecular weight excluding hydrogens is 278 g/mol. The van der Waals surface area contributed by atoms with Crippen LogP contribution in [0, 0.1) is 0 Å². The van der Waals surface area contributed by atoms with E-state index < -0.39 is 12.2 Å². The maximum Gasteiger partial charge on any atom is 0.387 e. The number of rotatable bonds is 5. The molecule has 19 heavy (non-hydrogen) atoms. The van der Waals surface area contributed by atoms with Crippen molar-refractivity contribution in [1.29, 1.82) is 0 Å².